The maximum Gasteiger partial charge on any atom is 0.227 e. The van der Waals surface area contributed by atoms with Crippen LogP contribution in [0.1, 0.15) is 62.6 Å². The average Bonchev–Trinajstić information content (AvgIpc) is 3.43. The van der Waals surface area contributed by atoms with Crippen LogP contribution in [0.4, 0.5) is 5.13 Å². The number of hydrogen-bond donors (Lipinski definition) is 1. The third-order valence-electron chi connectivity index (χ3n) is 5.50. The Labute approximate surface area is 186 Å². The van der Waals surface area contributed by atoms with Crippen molar-refractivity contribution in [3.8, 4) is 11.4 Å². The van der Waals surface area contributed by atoms with Gasteiger partial charge in [-0.15, -0.1) is 11.3 Å². The highest BCUT2D eigenvalue weighted by Crippen LogP contribution is 2.22. The van der Waals surface area contributed by atoms with Crippen molar-refractivity contribution in [1.82, 2.24) is 20.0 Å². The fraction of sp³-hybridized carbons (Fsp3) is 0.478. The molecular formula is C23H29N5O2S. The first-order valence-corrected chi connectivity index (χ1v) is 11.8. The van der Waals surface area contributed by atoms with Gasteiger partial charge in [0.05, 0.1) is 5.69 Å². The molecule has 0 radical (unpaired) electrons. The Morgan fingerprint density at radius 1 is 1.16 bits per heavy atom. The van der Waals surface area contributed by atoms with Gasteiger partial charge in [0.15, 0.2) is 5.13 Å². The van der Waals surface area contributed by atoms with Crippen molar-refractivity contribution < 1.29 is 9.32 Å². The number of amides is 1. The number of thiazole rings is 1. The van der Waals surface area contributed by atoms with E-state index < -0.39 is 0 Å². The number of carbonyl (C=O) groups is 1. The zero-order chi connectivity index (χ0) is 21.6. The molecule has 164 valence electrons. The lowest BCUT2D eigenvalue weighted by molar-refractivity contribution is -0.116. The third-order valence-corrected chi connectivity index (χ3v) is 6.31. The summed E-state index contributed by atoms with van der Waals surface area (Å²) in [6, 6.07) is 8.16. The third kappa shape index (κ3) is 5.98. The minimum Gasteiger partial charge on any atom is -0.339 e. The van der Waals surface area contributed by atoms with Crippen LogP contribution in [-0.2, 0) is 17.8 Å². The van der Waals surface area contributed by atoms with Gasteiger partial charge < -0.3 is 9.84 Å². The first-order valence-electron chi connectivity index (χ1n) is 11.0. The van der Waals surface area contributed by atoms with E-state index in [-0.39, 0.29) is 12.3 Å². The molecule has 7 nitrogen and oxygen atoms in total. The molecule has 1 aromatic carbocycles. The van der Waals surface area contributed by atoms with Crippen molar-refractivity contribution >= 4 is 22.4 Å². The number of aromatic nitrogens is 3. The second-order valence-corrected chi connectivity index (χ2v) is 9.18. The van der Waals surface area contributed by atoms with E-state index in [4.69, 9.17) is 4.52 Å². The smallest absolute Gasteiger partial charge is 0.227 e. The van der Waals surface area contributed by atoms with Gasteiger partial charge in [-0.25, -0.2) is 4.98 Å². The summed E-state index contributed by atoms with van der Waals surface area (Å²) < 4.78 is 5.33. The lowest BCUT2D eigenvalue weighted by atomic mass is 10.0. The van der Waals surface area contributed by atoms with E-state index in [9.17, 15) is 4.79 Å². The molecular weight excluding hydrogens is 410 g/mol. The molecule has 4 rings (SSSR count). The van der Waals surface area contributed by atoms with Crippen LogP contribution >= 0.6 is 11.3 Å². The zero-order valence-corrected chi connectivity index (χ0v) is 19.0. The largest absolute Gasteiger partial charge is 0.339 e. The van der Waals surface area contributed by atoms with Gasteiger partial charge in [-0.1, -0.05) is 49.7 Å². The van der Waals surface area contributed by atoms with Crippen molar-refractivity contribution in [2.24, 2.45) is 0 Å². The van der Waals surface area contributed by atoms with Crippen LogP contribution in [0.25, 0.3) is 11.4 Å². The Hall–Kier alpha value is -2.58. The number of aryl methyl sites for hydroxylation is 1. The Kier molecular flexibility index (Phi) is 7.09. The number of carbonyl (C=O) groups excluding carboxylic acids is 1. The molecule has 1 N–H and O–H groups in total. The van der Waals surface area contributed by atoms with Crippen molar-refractivity contribution in [2.75, 3.05) is 18.4 Å². The summed E-state index contributed by atoms with van der Waals surface area (Å²) in [6.07, 6.45) is 4.51. The van der Waals surface area contributed by atoms with E-state index in [2.05, 4.69) is 51.3 Å². The molecule has 31 heavy (non-hydrogen) atoms. The zero-order valence-electron chi connectivity index (χ0n) is 18.1. The quantitative estimate of drug-likeness (QED) is 0.539. The van der Waals surface area contributed by atoms with Crippen molar-refractivity contribution in [3.63, 3.8) is 0 Å². The molecule has 0 aliphatic carbocycles. The molecule has 0 bridgehead atoms. The van der Waals surface area contributed by atoms with Crippen molar-refractivity contribution in [1.29, 1.82) is 0 Å². The minimum absolute atomic E-state index is 0.0973. The summed E-state index contributed by atoms with van der Waals surface area (Å²) in [5, 5.41) is 9.61. The number of nitrogens with one attached hydrogen (secondary N) is 1. The lowest BCUT2D eigenvalue weighted by Gasteiger charge is -2.25. The number of rotatable bonds is 8. The highest BCUT2D eigenvalue weighted by molar-refractivity contribution is 7.13. The van der Waals surface area contributed by atoms with Crippen LogP contribution < -0.4 is 5.32 Å². The van der Waals surface area contributed by atoms with E-state index in [1.165, 1.54) is 36.2 Å². The van der Waals surface area contributed by atoms with Gasteiger partial charge >= 0.3 is 0 Å². The van der Waals surface area contributed by atoms with Gasteiger partial charge in [0, 0.05) is 30.3 Å². The Bertz CT molecular complexity index is 990. The molecule has 1 fully saturated rings. The van der Waals surface area contributed by atoms with Gasteiger partial charge in [0.1, 0.15) is 0 Å². The first-order chi connectivity index (χ1) is 15.1. The summed E-state index contributed by atoms with van der Waals surface area (Å²) in [6.45, 7) is 7.44. The van der Waals surface area contributed by atoms with Crippen LogP contribution in [-0.4, -0.2) is 39.0 Å². The molecule has 3 aromatic rings. The van der Waals surface area contributed by atoms with Gasteiger partial charge in [0.2, 0.25) is 17.6 Å². The van der Waals surface area contributed by atoms with Crippen LogP contribution in [0.5, 0.6) is 0 Å². The molecule has 3 heterocycles. The molecule has 1 amide bonds. The predicted molar refractivity (Wildman–Crippen MR) is 122 cm³/mol. The molecule has 1 aliphatic heterocycles. The predicted octanol–water partition coefficient (Wildman–Crippen LogP) is 4.87. The monoisotopic (exact) mass is 439 g/mol. The molecule has 0 saturated carbocycles. The Morgan fingerprint density at radius 2 is 1.94 bits per heavy atom. The SMILES string of the molecule is CC(C)c1ccc(-c2noc(CCC(=O)Nc3nc(CN4CCCCC4)cs3)n2)cc1. The van der Waals surface area contributed by atoms with Crippen LogP contribution in [0, 0.1) is 0 Å². The summed E-state index contributed by atoms with van der Waals surface area (Å²) in [5.74, 6) is 1.39. The summed E-state index contributed by atoms with van der Waals surface area (Å²) in [4.78, 5) is 23.7. The minimum atomic E-state index is -0.0973. The van der Waals surface area contributed by atoms with Gasteiger partial charge in [-0.2, -0.15) is 4.98 Å². The summed E-state index contributed by atoms with van der Waals surface area (Å²) in [5.41, 5.74) is 3.20. The second-order valence-electron chi connectivity index (χ2n) is 8.32. The van der Waals surface area contributed by atoms with Gasteiger partial charge in [-0.05, 0) is 37.4 Å². The van der Waals surface area contributed by atoms with Gasteiger partial charge in [0.25, 0.3) is 0 Å². The van der Waals surface area contributed by atoms with E-state index in [1.807, 2.05) is 17.5 Å². The number of likely N-dealkylation sites (tertiary alicyclic amines) is 1. The van der Waals surface area contributed by atoms with E-state index in [0.717, 1.165) is 30.9 Å². The number of piperidine rings is 1. The summed E-state index contributed by atoms with van der Waals surface area (Å²) >= 11 is 1.47. The topological polar surface area (TPSA) is 84.2 Å². The number of hydrogen-bond acceptors (Lipinski definition) is 7. The number of benzene rings is 1. The maximum atomic E-state index is 12.3. The molecule has 0 unspecified atom stereocenters. The molecule has 2 aromatic heterocycles. The Balaban J connectivity index is 1.25. The Morgan fingerprint density at radius 3 is 2.68 bits per heavy atom. The number of anilines is 1. The maximum absolute atomic E-state index is 12.3. The molecule has 1 saturated heterocycles. The average molecular weight is 440 g/mol. The molecule has 8 heteroatoms. The fourth-order valence-corrected chi connectivity index (χ4v) is 4.39. The van der Waals surface area contributed by atoms with Crippen molar-refractivity contribution in [3.05, 3.63) is 46.8 Å². The fourth-order valence-electron chi connectivity index (χ4n) is 3.68. The first kappa shape index (κ1) is 21.6. The second kappa shape index (κ2) is 10.2. The summed E-state index contributed by atoms with van der Waals surface area (Å²) in [7, 11) is 0. The molecule has 0 atom stereocenters. The van der Waals surface area contributed by atoms with Gasteiger partial charge in [-0.3, -0.25) is 9.69 Å². The van der Waals surface area contributed by atoms with E-state index >= 15 is 0 Å². The van der Waals surface area contributed by atoms with Crippen LogP contribution in [0.15, 0.2) is 34.2 Å². The highest BCUT2D eigenvalue weighted by Gasteiger charge is 2.15. The van der Waals surface area contributed by atoms with Crippen molar-refractivity contribution in [2.45, 2.75) is 58.4 Å². The van der Waals surface area contributed by atoms with E-state index in [1.54, 1.807) is 0 Å². The standard InChI is InChI=1S/C23H29N5O2S/c1-16(2)17-6-8-18(9-7-17)22-26-21(30-27-22)11-10-20(29)25-23-24-19(15-31-23)14-28-12-4-3-5-13-28/h6-9,15-16H,3-5,10-14H2,1-2H3,(H,24,25,29). The van der Waals surface area contributed by atoms with E-state index in [0.29, 0.717) is 29.2 Å². The highest BCUT2D eigenvalue weighted by atomic mass is 32.1. The van der Waals surface area contributed by atoms with Crippen LogP contribution in [0.3, 0.4) is 0 Å². The molecule has 1 aliphatic rings. The normalized spacial score (nSPS) is 14.8. The number of nitrogens with zero attached hydrogens (tertiary/aromatic N) is 4. The van der Waals surface area contributed by atoms with Crippen LogP contribution in [0.2, 0.25) is 0 Å². The molecule has 0 spiro atoms. The lowest BCUT2D eigenvalue weighted by Crippen LogP contribution is -2.29.